The molecule has 4 rings (SSSR count). The average Bonchev–Trinajstić information content (AvgIpc) is 2.83. The molecule has 32 heavy (non-hydrogen) atoms. The van der Waals surface area contributed by atoms with Crippen LogP contribution < -0.4 is 15.7 Å². The molecule has 1 heterocycles. The maximum Gasteiger partial charge on any atom is 0.292 e. The number of hydrogen-bond donors (Lipinski definition) is 1. The maximum absolute atomic E-state index is 12.5. The van der Waals surface area contributed by atoms with Gasteiger partial charge in [0.2, 0.25) is 0 Å². The lowest BCUT2D eigenvalue weighted by molar-refractivity contribution is 0.306. The molecule has 7 heteroatoms. The topological polar surface area (TPSA) is 68.5 Å². The molecule has 3 aromatic carbocycles. The van der Waals surface area contributed by atoms with Gasteiger partial charge in [0.05, 0.1) is 18.1 Å². The number of ether oxygens (including phenoxy) is 1. The van der Waals surface area contributed by atoms with E-state index in [9.17, 15) is 4.79 Å². The van der Waals surface area contributed by atoms with E-state index in [1.807, 2.05) is 42.5 Å². The van der Waals surface area contributed by atoms with Crippen molar-refractivity contribution >= 4 is 23.5 Å². The van der Waals surface area contributed by atoms with Crippen LogP contribution in [0.5, 0.6) is 5.75 Å². The van der Waals surface area contributed by atoms with Crippen molar-refractivity contribution < 1.29 is 4.74 Å². The minimum absolute atomic E-state index is 0.0147. The molecule has 0 aliphatic carbocycles. The molecule has 0 spiro atoms. The molecule has 1 N–H and O–H groups in total. The number of nitrogens with one attached hydrogen (secondary N) is 1. The van der Waals surface area contributed by atoms with Crippen LogP contribution in [0.1, 0.15) is 16.7 Å². The number of anilines is 1. The minimum Gasteiger partial charge on any atom is -0.489 e. The van der Waals surface area contributed by atoms with Crippen LogP contribution in [0.4, 0.5) is 5.69 Å². The van der Waals surface area contributed by atoms with Crippen LogP contribution in [0.15, 0.2) is 95.0 Å². The SMILES string of the molecule is Cc1ccc(COc2ccc(/C=N/Nc3cnn(-c4ccccc4)c(=O)c3Cl)cc2)cc1. The minimum atomic E-state index is -0.423. The molecule has 0 aliphatic heterocycles. The first-order valence-corrected chi connectivity index (χ1v) is 10.4. The highest BCUT2D eigenvalue weighted by atomic mass is 35.5. The first-order chi connectivity index (χ1) is 15.6. The van der Waals surface area contributed by atoms with E-state index in [4.69, 9.17) is 16.3 Å². The van der Waals surface area contributed by atoms with Gasteiger partial charge in [-0.05, 0) is 54.4 Å². The van der Waals surface area contributed by atoms with Crippen molar-refractivity contribution in [2.45, 2.75) is 13.5 Å². The monoisotopic (exact) mass is 444 g/mol. The summed E-state index contributed by atoms with van der Waals surface area (Å²) in [6.07, 6.45) is 3.10. The Balaban J connectivity index is 1.37. The van der Waals surface area contributed by atoms with E-state index in [0.29, 0.717) is 18.0 Å². The molecule has 4 aromatic rings. The number of rotatable bonds is 7. The van der Waals surface area contributed by atoms with Gasteiger partial charge in [-0.25, -0.2) is 0 Å². The summed E-state index contributed by atoms with van der Waals surface area (Å²) in [5.74, 6) is 0.771. The number of aryl methyl sites for hydroxylation is 1. The lowest BCUT2D eigenvalue weighted by Crippen LogP contribution is -2.22. The van der Waals surface area contributed by atoms with Gasteiger partial charge in [0.25, 0.3) is 5.56 Å². The summed E-state index contributed by atoms with van der Waals surface area (Å²) < 4.78 is 7.06. The molecule has 0 radical (unpaired) electrons. The highest BCUT2D eigenvalue weighted by Crippen LogP contribution is 2.17. The second-order valence-corrected chi connectivity index (χ2v) is 7.52. The third-order valence-electron chi connectivity index (χ3n) is 4.72. The fourth-order valence-electron chi connectivity index (χ4n) is 2.94. The van der Waals surface area contributed by atoms with Gasteiger partial charge in [0.15, 0.2) is 0 Å². The van der Waals surface area contributed by atoms with E-state index in [2.05, 4.69) is 46.8 Å². The summed E-state index contributed by atoms with van der Waals surface area (Å²) in [6, 6.07) is 24.9. The summed E-state index contributed by atoms with van der Waals surface area (Å²) in [6.45, 7) is 2.57. The van der Waals surface area contributed by atoms with Crippen molar-refractivity contribution in [1.29, 1.82) is 0 Å². The van der Waals surface area contributed by atoms with Crippen molar-refractivity contribution in [2.24, 2.45) is 5.10 Å². The smallest absolute Gasteiger partial charge is 0.292 e. The van der Waals surface area contributed by atoms with Crippen molar-refractivity contribution in [3.63, 3.8) is 0 Å². The Morgan fingerprint density at radius 2 is 1.75 bits per heavy atom. The van der Waals surface area contributed by atoms with Crippen molar-refractivity contribution in [3.05, 3.63) is 117 Å². The second-order valence-electron chi connectivity index (χ2n) is 7.14. The zero-order valence-corrected chi connectivity index (χ0v) is 18.2. The van der Waals surface area contributed by atoms with Crippen molar-refractivity contribution in [3.8, 4) is 11.4 Å². The van der Waals surface area contributed by atoms with Crippen LogP contribution in [0.25, 0.3) is 5.69 Å². The van der Waals surface area contributed by atoms with Gasteiger partial charge in [-0.15, -0.1) is 0 Å². The fraction of sp³-hybridized carbons (Fsp3) is 0.0800. The molecule has 0 aliphatic rings. The van der Waals surface area contributed by atoms with Gasteiger partial charge < -0.3 is 4.74 Å². The van der Waals surface area contributed by atoms with Gasteiger partial charge in [0, 0.05) is 0 Å². The molecule has 0 saturated carbocycles. The molecule has 0 unspecified atom stereocenters. The molecule has 0 saturated heterocycles. The van der Waals surface area contributed by atoms with Crippen molar-refractivity contribution in [1.82, 2.24) is 9.78 Å². The third kappa shape index (κ3) is 5.22. The molecular formula is C25H21ClN4O2. The van der Waals surface area contributed by atoms with Crippen LogP contribution in [0.2, 0.25) is 5.02 Å². The van der Waals surface area contributed by atoms with E-state index < -0.39 is 5.56 Å². The maximum atomic E-state index is 12.5. The Labute approximate surface area is 190 Å². The first-order valence-electron chi connectivity index (χ1n) is 10.0. The number of benzene rings is 3. The zero-order valence-electron chi connectivity index (χ0n) is 17.4. The van der Waals surface area contributed by atoms with E-state index in [1.54, 1.807) is 18.3 Å². The fourth-order valence-corrected chi connectivity index (χ4v) is 3.11. The largest absolute Gasteiger partial charge is 0.489 e. The molecule has 0 atom stereocenters. The van der Waals surface area contributed by atoms with Gasteiger partial charge in [-0.1, -0.05) is 59.6 Å². The lowest BCUT2D eigenvalue weighted by Gasteiger charge is -2.08. The van der Waals surface area contributed by atoms with Crippen LogP contribution in [0.3, 0.4) is 0 Å². The van der Waals surface area contributed by atoms with E-state index in [0.717, 1.165) is 16.9 Å². The quantitative estimate of drug-likeness (QED) is 0.313. The molecular weight excluding hydrogens is 424 g/mol. The molecule has 1 aromatic heterocycles. The van der Waals surface area contributed by atoms with Crippen molar-refractivity contribution in [2.75, 3.05) is 5.43 Å². The Hall–Kier alpha value is -3.90. The number of hydrogen-bond acceptors (Lipinski definition) is 5. The van der Waals surface area contributed by atoms with Gasteiger partial charge in [-0.3, -0.25) is 10.2 Å². The summed E-state index contributed by atoms with van der Waals surface area (Å²) >= 11 is 6.22. The summed E-state index contributed by atoms with van der Waals surface area (Å²) in [4.78, 5) is 12.5. The Kier molecular flexibility index (Phi) is 6.63. The zero-order chi connectivity index (χ0) is 22.3. The molecule has 0 amide bonds. The average molecular weight is 445 g/mol. The number of aromatic nitrogens is 2. The summed E-state index contributed by atoms with van der Waals surface area (Å²) in [7, 11) is 0. The van der Waals surface area contributed by atoms with E-state index in [-0.39, 0.29) is 5.02 Å². The Bertz CT molecular complexity index is 1270. The predicted molar refractivity (Wildman–Crippen MR) is 128 cm³/mol. The van der Waals surface area contributed by atoms with Crippen LogP contribution in [0, 0.1) is 6.92 Å². The number of halogens is 1. The third-order valence-corrected chi connectivity index (χ3v) is 5.09. The van der Waals surface area contributed by atoms with Crippen LogP contribution in [-0.2, 0) is 6.61 Å². The summed E-state index contributed by atoms with van der Waals surface area (Å²) in [5.41, 5.74) is 6.53. The van der Waals surface area contributed by atoms with E-state index >= 15 is 0 Å². The predicted octanol–water partition coefficient (Wildman–Crippen LogP) is 5.22. The normalized spacial score (nSPS) is 10.9. The van der Waals surface area contributed by atoms with Gasteiger partial charge in [0.1, 0.15) is 23.1 Å². The molecule has 160 valence electrons. The highest BCUT2D eigenvalue weighted by Gasteiger charge is 2.10. The molecule has 6 nitrogen and oxygen atoms in total. The molecule has 0 fully saturated rings. The van der Waals surface area contributed by atoms with Crippen LogP contribution >= 0.6 is 11.6 Å². The number of nitrogens with zero attached hydrogens (tertiary/aromatic N) is 3. The Morgan fingerprint density at radius 3 is 2.47 bits per heavy atom. The number of hydrazone groups is 1. The highest BCUT2D eigenvalue weighted by molar-refractivity contribution is 6.32. The first kappa shape index (κ1) is 21.3. The lowest BCUT2D eigenvalue weighted by atomic mass is 10.2. The van der Waals surface area contributed by atoms with Gasteiger partial charge >= 0.3 is 0 Å². The summed E-state index contributed by atoms with van der Waals surface area (Å²) in [5, 5.41) is 8.34. The second kappa shape index (κ2) is 9.94. The number of para-hydroxylation sites is 1. The standard InChI is InChI=1S/C25H21ClN4O2/c1-18-7-9-20(10-8-18)17-32-22-13-11-19(12-14-22)15-27-29-23-16-28-30(25(31)24(23)26)21-5-3-2-4-6-21/h2-16,29H,17H2,1H3/b27-15+. The van der Waals surface area contributed by atoms with Gasteiger partial charge in [-0.2, -0.15) is 14.9 Å². The molecule has 0 bridgehead atoms. The van der Waals surface area contributed by atoms with E-state index in [1.165, 1.54) is 16.4 Å². The Morgan fingerprint density at radius 1 is 1.03 bits per heavy atom. The van der Waals surface area contributed by atoms with Crippen LogP contribution in [-0.4, -0.2) is 16.0 Å².